The van der Waals surface area contributed by atoms with Gasteiger partial charge in [-0.15, -0.1) is 0 Å². The topological polar surface area (TPSA) is 0 Å². The highest BCUT2D eigenvalue weighted by Gasteiger charge is 2.05. The molecule has 0 heterocycles. The van der Waals surface area contributed by atoms with Gasteiger partial charge in [-0.2, -0.15) is 11.8 Å². The Labute approximate surface area is 62.0 Å². The maximum absolute atomic E-state index is 3.87. The van der Waals surface area contributed by atoms with Crippen molar-refractivity contribution in [3.8, 4) is 0 Å². The second-order valence-electron chi connectivity index (χ2n) is 2.31. The van der Waals surface area contributed by atoms with Gasteiger partial charge in [-0.25, -0.2) is 0 Å². The molecule has 0 aliphatic heterocycles. The lowest BCUT2D eigenvalue weighted by Gasteiger charge is -2.12. The Balaban J connectivity index is 3.99. The van der Waals surface area contributed by atoms with E-state index in [2.05, 4.69) is 19.4 Å². The van der Waals surface area contributed by atoms with E-state index in [9.17, 15) is 0 Å². The Bertz CT molecular complexity index is 111. The van der Waals surface area contributed by atoms with E-state index in [0.717, 1.165) is 0 Å². The van der Waals surface area contributed by atoms with Crippen LogP contribution in [0.4, 0.5) is 0 Å². The van der Waals surface area contributed by atoms with Crippen LogP contribution in [0.5, 0.6) is 0 Å². The standard InChI is InChI=1S/C8H14S/c1-6(2)8(9-5)7(3)4/h8H,1,3H2,2,4-5H3. The molecule has 1 heteroatoms. The molecule has 0 rings (SSSR count). The molecule has 0 saturated carbocycles. The van der Waals surface area contributed by atoms with E-state index >= 15 is 0 Å². The molecule has 9 heavy (non-hydrogen) atoms. The maximum Gasteiger partial charge on any atom is 0.0452 e. The molecule has 0 radical (unpaired) electrons. The highest BCUT2D eigenvalue weighted by Crippen LogP contribution is 2.20. The molecule has 0 saturated heterocycles. The first-order valence-corrected chi connectivity index (χ1v) is 4.22. The minimum Gasteiger partial charge on any atom is -0.153 e. The summed E-state index contributed by atoms with van der Waals surface area (Å²) in [6.07, 6.45) is 2.08. The van der Waals surface area contributed by atoms with Gasteiger partial charge < -0.3 is 0 Å². The zero-order chi connectivity index (χ0) is 7.44. The van der Waals surface area contributed by atoms with Crippen molar-refractivity contribution in [2.45, 2.75) is 19.1 Å². The molecule has 0 aliphatic rings. The predicted molar refractivity (Wildman–Crippen MR) is 46.9 cm³/mol. The van der Waals surface area contributed by atoms with Gasteiger partial charge in [-0.3, -0.25) is 0 Å². The molecular weight excluding hydrogens is 128 g/mol. The fraction of sp³-hybridized carbons (Fsp3) is 0.500. The first-order valence-electron chi connectivity index (χ1n) is 2.93. The lowest BCUT2D eigenvalue weighted by Crippen LogP contribution is -2.02. The lowest BCUT2D eigenvalue weighted by atomic mass is 10.1. The molecule has 0 aromatic rings. The molecule has 0 nitrogen and oxygen atoms in total. The molecule has 0 bridgehead atoms. The molecule has 0 aromatic heterocycles. The van der Waals surface area contributed by atoms with Crippen molar-refractivity contribution >= 4 is 11.8 Å². The van der Waals surface area contributed by atoms with Crippen molar-refractivity contribution < 1.29 is 0 Å². The van der Waals surface area contributed by atoms with Crippen molar-refractivity contribution in [3.05, 3.63) is 24.3 Å². The average Bonchev–Trinajstić information content (AvgIpc) is 1.64. The number of hydrogen-bond donors (Lipinski definition) is 0. The number of hydrogen-bond acceptors (Lipinski definition) is 1. The summed E-state index contributed by atoms with van der Waals surface area (Å²) >= 11 is 1.79. The zero-order valence-electron chi connectivity index (χ0n) is 6.40. The van der Waals surface area contributed by atoms with E-state index in [0.29, 0.717) is 5.25 Å². The normalized spacial score (nSPS) is 9.78. The second-order valence-corrected chi connectivity index (χ2v) is 3.25. The summed E-state index contributed by atoms with van der Waals surface area (Å²) in [6.45, 7) is 11.8. The fourth-order valence-electron chi connectivity index (χ4n) is 0.823. The maximum atomic E-state index is 3.87. The van der Waals surface area contributed by atoms with E-state index in [-0.39, 0.29) is 0 Å². The molecule has 0 aromatic carbocycles. The monoisotopic (exact) mass is 142 g/mol. The van der Waals surface area contributed by atoms with Crippen molar-refractivity contribution in [1.82, 2.24) is 0 Å². The van der Waals surface area contributed by atoms with Gasteiger partial charge in [0.05, 0.1) is 0 Å². The summed E-state index contributed by atoms with van der Waals surface area (Å²) in [5, 5.41) is 0.449. The second kappa shape index (κ2) is 3.78. The molecule has 52 valence electrons. The van der Waals surface area contributed by atoms with Gasteiger partial charge in [-0.1, -0.05) is 24.3 Å². The van der Waals surface area contributed by atoms with Crippen molar-refractivity contribution in [3.63, 3.8) is 0 Å². The van der Waals surface area contributed by atoms with Crippen LogP contribution in [0.3, 0.4) is 0 Å². The van der Waals surface area contributed by atoms with Crippen molar-refractivity contribution in [2.75, 3.05) is 6.26 Å². The van der Waals surface area contributed by atoms with E-state index < -0.39 is 0 Å². The molecule has 0 fully saturated rings. The van der Waals surface area contributed by atoms with Crippen LogP contribution in [0.25, 0.3) is 0 Å². The third-order valence-corrected chi connectivity index (χ3v) is 2.41. The van der Waals surface area contributed by atoms with Gasteiger partial charge in [0.15, 0.2) is 0 Å². The molecule has 0 atom stereocenters. The average molecular weight is 142 g/mol. The molecular formula is C8H14S. The van der Waals surface area contributed by atoms with Gasteiger partial charge in [0, 0.05) is 5.25 Å². The SMILES string of the molecule is C=C(C)C(SC)C(=C)C. The van der Waals surface area contributed by atoms with Crippen LogP contribution in [0.1, 0.15) is 13.8 Å². The highest BCUT2D eigenvalue weighted by molar-refractivity contribution is 7.99. The van der Waals surface area contributed by atoms with Crippen molar-refractivity contribution in [1.29, 1.82) is 0 Å². The van der Waals surface area contributed by atoms with Crippen LogP contribution in [0, 0.1) is 0 Å². The molecule has 0 amide bonds. The quantitative estimate of drug-likeness (QED) is 0.546. The third kappa shape index (κ3) is 2.75. The van der Waals surface area contributed by atoms with Gasteiger partial charge >= 0.3 is 0 Å². The Morgan fingerprint density at radius 1 is 1.22 bits per heavy atom. The van der Waals surface area contributed by atoms with Gasteiger partial charge in [0.2, 0.25) is 0 Å². The fourth-order valence-corrected chi connectivity index (χ4v) is 1.63. The van der Waals surface area contributed by atoms with E-state index in [1.807, 2.05) is 13.8 Å². The van der Waals surface area contributed by atoms with Crippen LogP contribution < -0.4 is 0 Å². The lowest BCUT2D eigenvalue weighted by molar-refractivity contribution is 1.15. The summed E-state index contributed by atoms with van der Waals surface area (Å²) in [6, 6.07) is 0. The zero-order valence-corrected chi connectivity index (χ0v) is 7.22. The summed E-state index contributed by atoms with van der Waals surface area (Å²) in [5.41, 5.74) is 2.38. The van der Waals surface area contributed by atoms with Crippen LogP contribution in [0.2, 0.25) is 0 Å². The van der Waals surface area contributed by atoms with E-state index in [4.69, 9.17) is 0 Å². The third-order valence-electron chi connectivity index (χ3n) is 1.13. The Morgan fingerprint density at radius 2 is 1.56 bits per heavy atom. The van der Waals surface area contributed by atoms with Crippen LogP contribution in [-0.2, 0) is 0 Å². The Hall–Kier alpha value is -0.170. The summed E-state index contributed by atoms with van der Waals surface area (Å²) in [4.78, 5) is 0. The summed E-state index contributed by atoms with van der Waals surface area (Å²) < 4.78 is 0. The molecule has 0 unspecified atom stereocenters. The first kappa shape index (κ1) is 8.83. The Morgan fingerprint density at radius 3 is 1.56 bits per heavy atom. The summed E-state index contributed by atoms with van der Waals surface area (Å²) in [5.74, 6) is 0. The van der Waals surface area contributed by atoms with E-state index in [1.54, 1.807) is 11.8 Å². The minimum absolute atomic E-state index is 0.449. The van der Waals surface area contributed by atoms with Crippen LogP contribution >= 0.6 is 11.8 Å². The molecule has 0 spiro atoms. The minimum atomic E-state index is 0.449. The van der Waals surface area contributed by atoms with Crippen LogP contribution in [0.15, 0.2) is 24.3 Å². The predicted octanol–water partition coefficient (Wildman–Crippen LogP) is 2.87. The number of thioether (sulfide) groups is 1. The molecule has 0 N–H and O–H groups in total. The van der Waals surface area contributed by atoms with Crippen molar-refractivity contribution in [2.24, 2.45) is 0 Å². The van der Waals surface area contributed by atoms with Crippen LogP contribution in [-0.4, -0.2) is 11.5 Å². The molecule has 0 aliphatic carbocycles. The largest absolute Gasteiger partial charge is 0.153 e. The smallest absolute Gasteiger partial charge is 0.0452 e. The Kier molecular flexibility index (Phi) is 3.71. The van der Waals surface area contributed by atoms with Gasteiger partial charge in [0.25, 0.3) is 0 Å². The van der Waals surface area contributed by atoms with Gasteiger partial charge in [-0.05, 0) is 20.1 Å². The van der Waals surface area contributed by atoms with Gasteiger partial charge in [0.1, 0.15) is 0 Å². The van der Waals surface area contributed by atoms with E-state index in [1.165, 1.54) is 11.1 Å². The highest BCUT2D eigenvalue weighted by atomic mass is 32.2. The number of rotatable bonds is 3. The first-order chi connectivity index (χ1) is 4.09. The summed E-state index contributed by atoms with van der Waals surface area (Å²) in [7, 11) is 0.